The van der Waals surface area contributed by atoms with E-state index in [4.69, 9.17) is 4.74 Å². The third kappa shape index (κ3) is 2.44. The maximum Gasteiger partial charge on any atom is 0.222 e. The lowest BCUT2D eigenvalue weighted by molar-refractivity contribution is -0.125. The van der Waals surface area contributed by atoms with Gasteiger partial charge in [-0.25, -0.2) is 0 Å². The first-order valence-electron chi connectivity index (χ1n) is 4.81. The molecule has 1 N–H and O–H groups in total. The quantitative estimate of drug-likeness (QED) is 0.701. The minimum atomic E-state index is 0.0522. The Hall–Kier alpha value is -0.570. The van der Waals surface area contributed by atoms with Gasteiger partial charge in [0.2, 0.25) is 5.91 Å². The van der Waals surface area contributed by atoms with Crippen LogP contribution in [0.2, 0.25) is 0 Å². The first kappa shape index (κ1) is 10.5. The number of amides is 1. The van der Waals surface area contributed by atoms with Crippen LogP contribution >= 0.6 is 0 Å². The molecule has 0 aliphatic carbocycles. The first-order valence-corrected chi connectivity index (χ1v) is 4.81. The van der Waals surface area contributed by atoms with E-state index in [1.54, 1.807) is 0 Å². The van der Waals surface area contributed by atoms with Gasteiger partial charge in [-0.1, -0.05) is 27.7 Å². The molecule has 0 aromatic heterocycles. The van der Waals surface area contributed by atoms with Crippen LogP contribution in [0, 0.1) is 11.3 Å². The summed E-state index contributed by atoms with van der Waals surface area (Å²) in [6.45, 7) is 9.41. The predicted octanol–water partition coefficient (Wildman–Crippen LogP) is 1.18. The van der Waals surface area contributed by atoms with E-state index in [9.17, 15) is 4.79 Å². The fourth-order valence-electron chi connectivity index (χ4n) is 1.34. The molecule has 1 fully saturated rings. The molecule has 0 saturated carbocycles. The normalized spacial score (nSPS) is 26.4. The van der Waals surface area contributed by atoms with E-state index < -0.39 is 0 Å². The SMILES string of the molecule is CC(C)C(=O)NC1COCC1(C)C. The molecule has 3 heteroatoms. The highest BCUT2D eigenvalue weighted by Crippen LogP contribution is 2.27. The highest BCUT2D eigenvalue weighted by molar-refractivity contribution is 5.78. The van der Waals surface area contributed by atoms with Gasteiger partial charge >= 0.3 is 0 Å². The van der Waals surface area contributed by atoms with Crippen molar-refractivity contribution in [1.82, 2.24) is 5.32 Å². The topological polar surface area (TPSA) is 38.3 Å². The number of hydrogen-bond donors (Lipinski definition) is 1. The average Bonchev–Trinajstić information content (AvgIpc) is 2.30. The van der Waals surface area contributed by atoms with Crippen molar-refractivity contribution < 1.29 is 9.53 Å². The predicted molar refractivity (Wildman–Crippen MR) is 51.4 cm³/mol. The van der Waals surface area contributed by atoms with Crippen LogP contribution in [0.1, 0.15) is 27.7 Å². The molecule has 13 heavy (non-hydrogen) atoms. The van der Waals surface area contributed by atoms with E-state index in [0.717, 1.165) is 6.61 Å². The molecule has 1 rings (SSSR count). The maximum atomic E-state index is 11.4. The van der Waals surface area contributed by atoms with Gasteiger partial charge in [0, 0.05) is 11.3 Å². The molecule has 0 aromatic carbocycles. The molecular formula is C10H19NO2. The largest absolute Gasteiger partial charge is 0.379 e. The van der Waals surface area contributed by atoms with E-state index in [2.05, 4.69) is 19.2 Å². The third-order valence-corrected chi connectivity index (χ3v) is 2.54. The van der Waals surface area contributed by atoms with Crippen molar-refractivity contribution >= 4 is 5.91 Å². The Morgan fingerprint density at radius 2 is 2.15 bits per heavy atom. The van der Waals surface area contributed by atoms with Gasteiger partial charge in [-0.2, -0.15) is 0 Å². The second kappa shape index (κ2) is 3.66. The number of ether oxygens (including phenoxy) is 1. The molecule has 1 heterocycles. The van der Waals surface area contributed by atoms with Gasteiger partial charge in [-0.3, -0.25) is 4.79 Å². The Labute approximate surface area is 79.8 Å². The summed E-state index contributed by atoms with van der Waals surface area (Å²) < 4.78 is 5.34. The zero-order chi connectivity index (χ0) is 10.1. The molecule has 0 bridgehead atoms. The number of carbonyl (C=O) groups excluding carboxylic acids is 1. The van der Waals surface area contributed by atoms with Crippen molar-refractivity contribution in [2.45, 2.75) is 33.7 Å². The van der Waals surface area contributed by atoms with Crippen molar-refractivity contribution in [2.75, 3.05) is 13.2 Å². The zero-order valence-electron chi connectivity index (χ0n) is 8.89. The van der Waals surface area contributed by atoms with Crippen LogP contribution in [0.5, 0.6) is 0 Å². The van der Waals surface area contributed by atoms with Gasteiger partial charge in [0.05, 0.1) is 19.3 Å². The summed E-state index contributed by atoms with van der Waals surface area (Å²) in [6, 6.07) is 0.169. The molecule has 1 saturated heterocycles. The van der Waals surface area contributed by atoms with E-state index >= 15 is 0 Å². The Kier molecular flexibility index (Phi) is 2.96. The Bertz CT molecular complexity index is 199. The van der Waals surface area contributed by atoms with Crippen LogP contribution in [0.4, 0.5) is 0 Å². The standard InChI is InChI=1S/C10H19NO2/c1-7(2)9(12)11-8-5-13-6-10(8,3)4/h7-8H,5-6H2,1-4H3,(H,11,12). The fraction of sp³-hybridized carbons (Fsp3) is 0.900. The Morgan fingerprint density at radius 3 is 2.54 bits per heavy atom. The zero-order valence-corrected chi connectivity index (χ0v) is 8.89. The molecular weight excluding hydrogens is 166 g/mol. The van der Waals surface area contributed by atoms with Gasteiger partial charge in [0.1, 0.15) is 0 Å². The fourth-order valence-corrected chi connectivity index (χ4v) is 1.34. The van der Waals surface area contributed by atoms with Gasteiger partial charge in [0.25, 0.3) is 0 Å². The van der Waals surface area contributed by atoms with Crippen LogP contribution in [-0.4, -0.2) is 25.2 Å². The smallest absolute Gasteiger partial charge is 0.222 e. The molecule has 0 aromatic rings. The van der Waals surface area contributed by atoms with Crippen LogP contribution < -0.4 is 5.32 Å². The summed E-state index contributed by atoms with van der Waals surface area (Å²) in [5, 5.41) is 3.00. The Balaban J connectivity index is 2.50. The second-order valence-corrected chi connectivity index (χ2v) is 4.72. The molecule has 0 spiro atoms. The molecule has 3 nitrogen and oxygen atoms in total. The summed E-state index contributed by atoms with van der Waals surface area (Å²) in [6.07, 6.45) is 0. The summed E-state index contributed by atoms with van der Waals surface area (Å²) in [5.41, 5.74) is 0.0740. The van der Waals surface area contributed by atoms with E-state index in [0.29, 0.717) is 6.61 Å². The maximum absolute atomic E-state index is 11.4. The van der Waals surface area contributed by atoms with E-state index in [1.807, 2.05) is 13.8 Å². The van der Waals surface area contributed by atoms with Crippen molar-refractivity contribution in [3.05, 3.63) is 0 Å². The second-order valence-electron chi connectivity index (χ2n) is 4.72. The lowest BCUT2D eigenvalue weighted by Gasteiger charge is -2.26. The van der Waals surface area contributed by atoms with Crippen LogP contribution in [0.15, 0.2) is 0 Å². The van der Waals surface area contributed by atoms with Gasteiger partial charge in [-0.15, -0.1) is 0 Å². The number of nitrogens with one attached hydrogen (secondary N) is 1. The van der Waals surface area contributed by atoms with Crippen molar-refractivity contribution in [2.24, 2.45) is 11.3 Å². The summed E-state index contributed by atoms with van der Waals surface area (Å²) in [5.74, 6) is 0.167. The summed E-state index contributed by atoms with van der Waals surface area (Å²) in [4.78, 5) is 11.4. The number of hydrogen-bond acceptors (Lipinski definition) is 2. The number of rotatable bonds is 2. The first-order chi connectivity index (χ1) is 5.93. The minimum Gasteiger partial charge on any atom is -0.379 e. The van der Waals surface area contributed by atoms with Crippen LogP contribution in [0.3, 0.4) is 0 Å². The van der Waals surface area contributed by atoms with Gasteiger partial charge in [0.15, 0.2) is 0 Å². The van der Waals surface area contributed by atoms with Crippen LogP contribution in [-0.2, 0) is 9.53 Å². The van der Waals surface area contributed by atoms with Gasteiger partial charge < -0.3 is 10.1 Å². The molecule has 1 aliphatic heterocycles. The lowest BCUT2D eigenvalue weighted by Crippen LogP contribution is -2.45. The van der Waals surface area contributed by atoms with Crippen LogP contribution in [0.25, 0.3) is 0 Å². The monoisotopic (exact) mass is 185 g/mol. The lowest BCUT2D eigenvalue weighted by atomic mass is 9.87. The average molecular weight is 185 g/mol. The molecule has 1 atom stereocenters. The number of carbonyl (C=O) groups is 1. The van der Waals surface area contributed by atoms with Crippen molar-refractivity contribution in [1.29, 1.82) is 0 Å². The summed E-state index contributed by atoms with van der Waals surface area (Å²) in [7, 11) is 0. The molecule has 1 aliphatic rings. The highest BCUT2D eigenvalue weighted by Gasteiger charge is 2.36. The van der Waals surface area contributed by atoms with E-state index in [1.165, 1.54) is 0 Å². The minimum absolute atomic E-state index is 0.0522. The summed E-state index contributed by atoms with van der Waals surface area (Å²) >= 11 is 0. The molecule has 1 unspecified atom stereocenters. The highest BCUT2D eigenvalue weighted by atomic mass is 16.5. The third-order valence-electron chi connectivity index (χ3n) is 2.54. The van der Waals surface area contributed by atoms with Crippen molar-refractivity contribution in [3.63, 3.8) is 0 Å². The van der Waals surface area contributed by atoms with Gasteiger partial charge in [-0.05, 0) is 0 Å². The molecule has 0 radical (unpaired) electrons. The molecule has 76 valence electrons. The van der Waals surface area contributed by atoms with E-state index in [-0.39, 0.29) is 23.3 Å². The molecule has 1 amide bonds. The Morgan fingerprint density at radius 1 is 1.54 bits per heavy atom. The van der Waals surface area contributed by atoms with Crippen molar-refractivity contribution in [3.8, 4) is 0 Å².